The SMILES string of the molecule is O=C(c1ccc(N2C(=O)c3ccccc3NC23C(=O)N(Cc2ccccc2F)c2ccccc23)cc1)N1CCCCC1. The highest BCUT2D eigenvalue weighted by Gasteiger charge is 2.59. The third kappa shape index (κ3) is 3.97. The van der Waals surface area contributed by atoms with Crippen LogP contribution in [-0.2, 0) is 17.0 Å². The van der Waals surface area contributed by atoms with Crippen molar-refractivity contribution < 1.29 is 18.8 Å². The number of fused-ring (bicyclic) bond motifs is 3. The minimum atomic E-state index is -1.62. The molecule has 8 heteroatoms. The van der Waals surface area contributed by atoms with Crippen molar-refractivity contribution in [2.24, 2.45) is 0 Å². The first-order chi connectivity index (χ1) is 20.5. The molecule has 4 aromatic rings. The minimum Gasteiger partial charge on any atom is -0.350 e. The molecule has 42 heavy (non-hydrogen) atoms. The van der Waals surface area contributed by atoms with Crippen LogP contribution in [0.25, 0.3) is 0 Å². The molecule has 1 saturated heterocycles. The molecule has 0 bridgehead atoms. The summed E-state index contributed by atoms with van der Waals surface area (Å²) < 4.78 is 14.8. The van der Waals surface area contributed by atoms with Gasteiger partial charge >= 0.3 is 0 Å². The predicted octanol–water partition coefficient (Wildman–Crippen LogP) is 5.92. The molecule has 0 saturated carbocycles. The van der Waals surface area contributed by atoms with Gasteiger partial charge in [-0.1, -0.05) is 48.5 Å². The summed E-state index contributed by atoms with van der Waals surface area (Å²) in [6, 6.07) is 27.6. The van der Waals surface area contributed by atoms with Gasteiger partial charge in [0.1, 0.15) is 5.82 Å². The lowest BCUT2D eigenvalue weighted by atomic mass is 9.92. The number of para-hydroxylation sites is 2. The zero-order chi connectivity index (χ0) is 28.8. The van der Waals surface area contributed by atoms with Crippen LogP contribution < -0.4 is 15.1 Å². The fourth-order valence-electron chi connectivity index (χ4n) is 6.37. The molecule has 210 valence electrons. The molecule has 1 spiro atoms. The molecule has 1 unspecified atom stereocenters. The van der Waals surface area contributed by atoms with E-state index in [2.05, 4.69) is 5.32 Å². The van der Waals surface area contributed by atoms with E-state index in [1.165, 1.54) is 15.9 Å². The largest absolute Gasteiger partial charge is 0.350 e. The highest BCUT2D eigenvalue weighted by molar-refractivity contribution is 6.22. The Kier molecular flexibility index (Phi) is 6.26. The predicted molar refractivity (Wildman–Crippen MR) is 159 cm³/mol. The standard InChI is InChI=1S/C34H29FN4O3/c35-28-13-5-2-10-24(28)22-38-30-15-7-4-12-27(30)34(33(38)42)36-29-14-6-3-11-26(29)32(41)39(34)25-18-16-23(17-19-25)31(40)37-20-8-1-9-21-37/h2-7,10-19,36H,1,8-9,20-22H2. The monoisotopic (exact) mass is 560 g/mol. The molecular weight excluding hydrogens is 531 g/mol. The molecule has 7 nitrogen and oxygen atoms in total. The summed E-state index contributed by atoms with van der Waals surface area (Å²) in [5, 5.41) is 3.42. The van der Waals surface area contributed by atoms with Gasteiger partial charge in [0.25, 0.3) is 17.7 Å². The van der Waals surface area contributed by atoms with E-state index in [9.17, 15) is 18.8 Å². The van der Waals surface area contributed by atoms with E-state index < -0.39 is 17.4 Å². The molecule has 3 aliphatic rings. The Hall–Kier alpha value is -4.98. The molecular formula is C34H29FN4O3. The van der Waals surface area contributed by atoms with Gasteiger partial charge in [0.15, 0.2) is 0 Å². The van der Waals surface area contributed by atoms with E-state index >= 15 is 0 Å². The normalized spacial score (nSPS) is 19.5. The van der Waals surface area contributed by atoms with Crippen molar-refractivity contribution in [1.29, 1.82) is 0 Å². The zero-order valence-electron chi connectivity index (χ0n) is 22.9. The number of carbonyl (C=O) groups is 3. The van der Waals surface area contributed by atoms with Crippen LogP contribution in [0.1, 0.15) is 51.1 Å². The Morgan fingerprint density at radius 2 is 1.50 bits per heavy atom. The Morgan fingerprint density at radius 1 is 0.810 bits per heavy atom. The van der Waals surface area contributed by atoms with E-state index in [-0.39, 0.29) is 18.4 Å². The lowest BCUT2D eigenvalue weighted by molar-refractivity contribution is -0.122. The smallest absolute Gasteiger partial charge is 0.279 e. The van der Waals surface area contributed by atoms with Gasteiger partial charge in [0, 0.05) is 41.2 Å². The molecule has 0 aliphatic carbocycles. The minimum absolute atomic E-state index is 0.00109. The summed E-state index contributed by atoms with van der Waals surface area (Å²) >= 11 is 0. The van der Waals surface area contributed by atoms with Crippen LogP contribution in [-0.4, -0.2) is 35.7 Å². The Morgan fingerprint density at radius 3 is 2.29 bits per heavy atom. The van der Waals surface area contributed by atoms with Gasteiger partial charge < -0.3 is 15.1 Å². The third-order valence-corrected chi connectivity index (χ3v) is 8.45. The van der Waals surface area contributed by atoms with E-state index in [0.717, 1.165) is 32.4 Å². The van der Waals surface area contributed by atoms with Crippen molar-refractivity contribution in [2.75, 3.05) is 28.2 Å². The Labute approximate surface area is 243 Å². The average Bonchev–Trinajstić information content (AvgIpc) is 3.25. The summed E-state index contributed by atoms with van der Waals surface area (Å²) in [6.07, 6.45) is 3.11. The second kappa shape index (κ2) is 10.1. The van der Waals surface area contributed by atoms with E-state index in [0.29, 0.717) is 39.3 Å². The summed E-state index contributed by atoms with van der Waals surface area (Å²) in [6.45, 7) is 1.47. The van der Waals surface area contributed by atoms with Crippen LogP contribution in [0.3, 0.4) is 0 Å². The first-order valence-electron chi connectivity index (χ1n) is 14.2. The lowest BCUT2D eigenvalue weighted by Gasteiger charge is -2.45. The molecule has 4 aromatic carbocycles. The van der Waals surface area contributed by atoms with Crippen LogP contribution in [0.4, 0.5) is 21.5 Å². The second-order valence-electron chi connectivity index (χ2n) is 10.9. The Balaban J connectivity index is 1.35. The van der Waals surface area contributed by atoms with Crippen LogP contribution in [0.2, 0.25) is 0 Å². The number of rotatable bonds is 4. The quantitative estimate of drug-likeness (QED) is 0.336. The molecule has 0 radical (unpaired) electrons. The van der Waals surface area contributed by atoms with Gasteiger partial charge in [-0.25, -0.2) is 4.39 Å². The van der Waals surface area contributed by atoms with E-state index in [1.54, 1.807) is 60.7 Å². The molecule has 1 atom stereocenters. The molecule has 7 rings (SSSR count). The fourth-order valence-corrected chi connectivity index (χ4v) is 6.37. The molecule has 1 N–H and O–H groups in total. The fraction of sp³-hybridized carbons (Fsp3) is 0.206. The first kappa shape index (κ1) is 26.0. The number of piperidine rings is 1. The van der Waals surface area contributed by atoms with Gasteiger partial charge in [0.05, 0.1) is 17.8 Å². The molecule has 3 heterocycles. The van der Waals surface area contributed by atoms with Gasteiger partial charge in [-0.05, 0) is 67.8 Å². The molecule has 1 fully saturated rings. The van der Waals surface area contributed by atoms with Crippen molar-refractivity contribution in [1.82, 2.24) is 4.90 Å². The highest BCUT2D eigenvalue weighted by Crippen LogP contribution is 2.50. The van der Waals surface area contributed by atoms with E-state index in [1.807, 2.05) is 35.2 Å². The van der Waals surface area contributed by atoms with Gasteiger partial charge in [0.2, 0.25) is 5.66 Å². The van der Waals surface area contributed by atoms with Crippen LogP contribution in [0.5, 0.6) is 0 Å². The number of halogens is 1. The summed E-state index contributed by atoms with van der Waals surface area (Å²) in [5.41, 5.74) is 1.88. The maximum Gasteiger partial charge on any atom is 0.279 e. The number of nitrogens with zero attached hydrogens (tertiary/aromatic N) is 3. The van der Waals surface area contributed by atoms with Crippen molar-refractivity contribution in [3.05, 3.63) is 125 Å². The maximum atomic E-state index is 14.8. The maximum absolute atomic E-state index is 14.8. The highest BCUT2D eigenvalue weighted by atomic mass is 19.1. The number of hydrogen-bond acceptors (Lipinski definition) is 4. The van der Waals surface area contributed by atoms with Crippen LogP contribution in [0, 0.1) is 5.82 Å². The first-order valence-corrected chi connectivity index (χ1v) is 14.2. The van der Waals surface area contributed by atoms with E-state index in [4.69, 9.17) is 0 Å². The number of hydrogen-bond donors (Lipinski definition) is 1. The van der Waals surface area contributed by atoms with Crippen molar-refractivity contribution in [3.8, 4) is 0 Å². The topological polar surface area (TPSA) is 73.0 Å². The van der Waals surface area contributed by atoms with Crippen LogP contribution >= 0.6 is 0 Å². The number of anilines is 3. The number of nitrogens with one attached hydrogen (secondary N) is 1. The van der Waals surface area contributed by atoms with Crippen LogP contribution in [0.15, 0.2) is 97.1 Å². The van der Waals surface area contributed by atoms with Crippen molar-refractivity contribution in [2.45, 2.75) is 31.5 Å². The third-order valence-electron chi connectivity index (χ3n) is 8.45. The van der Waals surface area contributed by atoms with Crippen molar-refractivity contribution >= 4 is 34.8 Å². The van der Waals surface area contributed by atoms with Gasteiger partial charge in [-0.15, -0.1) is 0 Å². The lowest BCUT2D eigenvalue weighted by Crippen LogP contribution is -2.63. The summed E-state index contributed by atoms with van der Waals surface area (Å²) in [7, 11) is 0. The number of carbonyl (C=O) groups excluding carboxylic acids is 3. The summed E-state index contributed by atoms with van der Waals surface area (Å²) in [5.74, 6) is -1.20. The number of amides is 3. The second-order valence-corrected chi connectivity index (χ2v) is 10.9. The molecule has 3 aliphatic heterocycles. The van der Waals surface area contributed by atoms with Crippen molar-refractivity contribution in [3.63, 3.8) is 0 Å². The van der Waals surface area contributed by atoms with Gasteiger partial charge in [-0.2, -0.15) is 0 Å². The molecule has 3 amide bonds. The summed E-state index contributed by atoms with van der Waals surface area (Å²) in [4.78, 5) is 47.0. The number of likely N-dealkylation sites (tertiary alicyclic amines) is 1. The zero-order valence-corrected chi connectivity index (χ0v) is 22.9. The van der Waals surface area contributed by atoms with Gasteiger partial charge in [-0.3, -0.25) is 19.3 Å². The Bertz CT molecular complexity index is 1720. The average molecular weight is 561 g/mol. The molecule has 0 aromatic heterocycles. The number of benzene rings is 4.